The lowest BCUT2D eigenvalue weighted by Gasteiger charge is -2.32. The zero-order chi connectivity index (χ0) is 15.7. The molecule has 1 aromatic heterocycles. The third-order valence-electron chi connectivity index (χ3n) is 4.07. The topological polar surface area (TPSA) is 43.8 Å². The van der Waals surface area contributed by atoms with Crippen LogP contribution >= 0.6 is 0 Å². The van der Waals surface area contributed by atoms with Crippen molar-refractivity contribution in [2.75, 3.05) is 27.2 Å². The van der Waals surface area contributed by atoms with Crippen molar-refractivity contribution in [1.29, 1.82) is 0 Å². The average Bonchev–Trinajstić information content (AvgIpc) is 2.58. The van der Waals surface area contributed by atoms with Crippen molar-refractivity contribution in [3.8, 4) is 5.75 Å². The molecule has 0 amide bonds. The molecular formula is C15H25BN2O3. The maximum Gasteiger partial charge on any atom is 0.496 e. The monoisotopic (exact) mass is 292 g/mol. The maximum absolute atomic E-state index is 6.02. The van der Waals surface area contributed by atoms with Crippen molar-refractivity contribution in [3.05, 3.63) is 18.5 Å². The van der Waals surface area contributed by atoms with E-state index in [1.54, 1.807) is 12.4 Å². The van der Waals surface area contributed by atoms with Crippen molar-refractivity contribution in [2.24, 2.45) is 0 Å². The third-order valence-corrected chi connectivity index (χ3v) is 4.07. The normalized spacial score (nSPS) is 20.0. The number of ether oxygens (including phenoxy) is 1. The lowest BCUT2D eigenvalue weighted by atomic mass is 9.80. The summed E-state index contributed by atoms with van der Waals surface area (Å²) >= 11 is 0. The number of hydrogen-bond donors (Lipinski definition) is 0. The predicted molar refractivity (Wildman–Crippen MR) is 84.0 cm³/mol. The van der Waals surface area contributed by atoms with Crippen LogP contribution in [0.4, 0.5) is 0 Å². The van der Waals surface area contributed by atoms with Crippen LogP contribution < -0.4 is 10.2 Å². The lowest BCUT2D eigenvalue weighted by molar-refractivity contribution is 0.00578. The zero-order valence-electron chi connectivity index (χ0n) is 13.8. The van der Waals surface area contributed by atoms with Crippen LogP contribution in [0.15, 0.2) is 18.5 Å². The summed E-state index contributed by atoms with van der Waals surface area (Å²) in [5, 5.41) is 0. The Hall–Kier alpha value is -1.11. The summed E-state index contributed by atoms with van der Waals surface area (Å²) in [6, 6.07) is 1.94. The molecule has 0 bridgehead atoms. The maximum atomic E-state index is 6.02. The number of pyridine rings is 1. The largest absolute Gasteiger partial charge is 0.496 e. The molecule has 0 unspecified atom stereocenters. The minimum absolute atomic E-state index is 0.348. The van der Waals surface area contributed by atoms with Crippen molar-refractivity contribution in [2.45, 2.75) is 38.9 Å². The van der Waals surface area contributed by atoms with E-state index >= 15 is 0 Å². The summed E-state index contributed by atoms with van der Waals surface area (Å²) in [5.41, 5.74) is 0.190. The van der Waals surface area contributed by atoms with Crippen LogP contribution in [0, 0.1) is 0 Å². The van der Waals surface area contributed by atoms with Gasteiger partial charge >= 0.3 is 7.12 Å². The van der Waals surface area contributed by atoms with Gasteiger partial charge in [-0.2, -0.15) is 0 Å². The number of nitrogens with zero attached hydrogens (tertiary/aromatic N) is 2. The Bertz CT molecular complexity index is 476. The molecule has 6 heteroatoms. The van der Waals surface area contributed by atoms with E-state index in [9.17, 15) is 0 Å². The molecule has 0 atom stereocenters. The molecule has 5 nitrogen and oxygen atoms in total. The molecular weight excluding hydrogens is 267 g/mol. The van der Waals surface area contributed by atoms with Crippen molar-refractivity contribution in [1.82, 2.24) is 9.88 Å². The second-order valence-electron chi connectivity index (χ2n) is 6.69. The summed E-state index contributed by atoms with van der Waals surface area (Å²) in [5.74, 6) is 0.740. The van der Waals surface area contributed by atoms with Gasteiger partial charge in [-0.3, -0.25) is 4.98 Å². The molecule has 1 aliphatic heterocycles. The van der Waals surface area contributed by atoms with Crippen LogP contribution in [0.5, 0.6) is 5.75 Å². The van der Waals surface area contributed by atoms with Crippen molar-refractivity contribution >= 4 is 12.6 Å². The smallest absolute Gasteiger partial charge is 0.491 e. The molecule has 0 aromatic carbocycles. The van der Waals surface area contributed by atoms with Gasteiger partial charge in [0.2, 0.25) is 0 Å². The summed E-state index contributed by atoms with van der Waals surface area (Å²) in [7, 11) is 3.63. The van der Waals surface area contributed by atoms with Gasteiger partial charge in [0.25, 0.3) is 0 Å². The molecule has 0 aliphatic carbocycles. The van der Waals surface area contributed by atoms with Gasteiger partial charge in [0.05, 0.1) is 17.4 Å². The van der Waals surface area contributed by atoms with Crippen molar-refractivity contribution in [3.63, 3.8) is 0 Å². The predicted octanol–water partition coefficient (Wildman–Crippen LogP) is 1.32. The van der Waals surface area contributed by atoms with E-state index in [0.29, 0.717) is 6.61 Å². The van der Waals surface area contributed by atoms with Gasteiger partial charge in [0.1, 0.15) is 12.4 Å². The fraction of sp³-hybridized carbons (Fsp3) is 0.667. The van der Waals surface area contributed by atoms with Crippen LogP contribution in [0.2, 0.25) is 0 Å². The van der Waals surface area contributed by atoms with Crippen LogP contribution in [0.1, 0.15) is 27.7 Å². The molecule has 1 aliphatic rings. The first-order chi connectivity index (χ1) is 9.71. The van der Waals surface area contributed by atoms with E-state index in [0.717, 1.165) is 17.8 Å². The van der Waals surface area contributed by atoms with E-state index < -0.39 is 7.12 Å². The van der Waals surface area contributed by atoms with E-state index in [2.05, 4.69) is 9.88 Å². The van der Waals surface area contributed by atoms with E-state index in [1.165, 1.54) is 0 Å². The Morgan fingerprint density at radius 3 is 2.33 bits per heavy atom. The Labute approximate surface area is 127 Å². The molecule has 21 heavy (non-hydrogen) atoms. The SMILES string of the molecule is CN(C)CCOc1cncc(B2OC(C)(C)C(C)(C)O2)c1. The summed E-state index contributed by atoms with van der Waals surface area (Å²) < 4.78 is 17.7. The highest BCUT2D eigenvalue weighted by atomic mass is 16.7. The zero-order valence-corrected chi connectivity index (χ0v) is 13.8. The van der Waals surface area contributed by atoms with Gasteiger partial charge in [-0.05, 0) is 47.9 Å². The molecule has 2 heterocycles. The number of likely N-dealkylation sites (N-methyl/N-ethyl adjacent to an activating group) is 1. The second-order valence-corrected chi connectivity index (χ2v) is 6.69. The van der Waals surface area contributed by atoms with E-state index in [1.807, 2.05) is 47.9 Å². The molecule has 1 aromatic rings. The van der Waals surface area contributed by atoms with Crippen LogP contribution in [0.3, 0.4) is 0 Å². The fourth-order valence-electron chi connectivity index (χ4n) is 1.97. The summed E-state index contributed by atoms with van der Waals surface area (Å²) in [4.78, 5) is 6.30. The first-order valence-corrected chi connectivity index (χ1v) is 7.29. The molecule has 1 fully saturated rings. The molecule has 116 valence electrons. The highest BCUT2D eigenvalue weighted by Crippen LogP contribution is 2.36. The second kappa shape index (κ2) is 5.95. The molecule has 0 spiro atoms. The summed E-state index contributed by atoms with van der Waals surface area (Å²) in [6.45, 7) is 9.65. The minimum Gasteiger partial charge on any atom is -0.491 e. The van der Waals surface area contributed by atoms with E-state index in [-0.39, 0.29) is 11.2 Å². The lowest BCUT2D eigenvalue weighted by Crippen LogP contribution is -2.41. The van der Waals surface area contributed by atoms with Crippen molar-refractivity contribution < 1.29 is 14.0 Å². The molecule has 0 radical (unpaired) electrons. The molecule has 0 saturated carbocycles. The minimum atomic E-state index is -0.403. The van der Waals surface area contributed by atoms with Gasteiger partial charge in [0.15, 0.2) is 0 Å². The first kappa shape index (κ1) is 16.3. The van der Waals surface area contributed by atoms with Gasteiger partial charge in [-0.15, -0.1) is 0 Å². The number of aromatic nitrogens is 1. The van der Waals surface area contributed by atoms with Crippen LogP contribution in [-0.2, 0) is 9.31 Å². The summed E-state index contributed by atoms with van der Waals surface area (Å²) in [6.07, 6.45) is 3.48. The Morgan fingerprint density at radius 1 is 1.14 bits per heavy atom. The number of hydrogen-bond acceptors (Lipinski definition) is 5. The van der Waals surface area contributed by atoms with Gasteiger partial charge in [-0.25, -0.2) is 0 Å². The molecule has 0 N–H and O–H groups in total. The Kier molecular flexibility index (Phi) is 4.61. The molecule has 2 rings (SSSR count). The van der Waals surface area contributed by atoms with Gasteiger partial charge in [-0.1, -0.05) is 0 Å². The van der Waals surface area contributed by atoms with Gasteiger partial charge in [0, 0.05) is 18.2 Å². The average molecular weight is 292 g/mol. The van der Waals surface area contributed by atoms with E-state index in [4.69, 9.17) is 14.0 Å². The van der Waals surface area contributed by atoms with Crippen LogP contribution in [-0.4, -0.2) is 55.5 Å². The standard InChI is InChI=1S/C15H25BN2O3/c1-14(2)15(3,4)21-16(20-14)12-9-13(11-17-10-12)19-8-7-18(5)6/h9-11H,7-8H2,1-6H3. The number of rotatable bonds is 5. The third kappa shape index (κ3) is 3.76. The molecule has 1 saturated heterocycles. The van der Waals surface area contributed by atoms with Gasteiger partial charge < -0.3 is 18.9 Å². The van der Waals surface area contributed by atoms with Crippen LogP contribution in [0.25, 0.3) is 0 Å². The highest BCUT2D eigenvalue weighted by Gasteiger charge is 2.51. The Balaban J connectivity index is 2.05. The Morgan fingerprint density at radius 2 is 1.76 bits per heavy atom. The quantitative estimate of drug-likeness (QED) is 0.766. The highest BCUT2D eigenvalue weighted by molar-refractivity contribution is 6.62. The fourth-order valence-corrected chi connectivity index (χ4v) is 1.97. The first-order valence-electron chi connectivity index (χ1n) is 7.29.